The lowest BCUT2D eigenvalue weighted by Gasteiger charge is -2.10. The van der Waals surface area contributed by atoms with E-state index < -0.39 is 9.28 Å². The lowest BCUT2D eigenvalue weighted by molar-refractivity contribution is 0.277. The lowest BCUT2D eigenvalue weighted by atomic mass is 10.2. The van der Waals surface area contributed by atoms with Crippen molar-refractivity contribution in [1.29, 1.82) is 0 Å². The summed E-state index contributed by atoms with van der Waals surface area (Å²) in [5.41, 5.74) is 1.23. The Bertz CT molecular complexity index is 257. The van der Waals surface area contributed by atoms with E-state index in [1.54, 1.807) is 21.3 Å². The predicted molar refractivity (Wildman–Crippen MR) is 57.9 cm³/mol. The van der Waals surface area contributed by atoms with Crippen LogP contribution >= 0.6 is 0 Å². The highest BCUT2D eigenvalue weighted by molar-refractivity contribution is 6.43. The highest BCUT2D eigenvalue weighted by atomic mass is 28.3. The fourth-order valence-electron chi connectivity index (χ4n) is 1.22. The van der Waals surface area contributed by atoms with Gasteiger partial charge in [-0.2, -0.15) is 0 Å². The summed E-state index contributed by atoms with van der Waals surface area (Å²) in [5.74, 6) is 0.877. The maximum absolute atomic E-state index is 5.25. The second kappa shape index (κ2) is 5.80. The van der Waals surface area contributed by atoms with Gasteiger partial charge in [0, 0.05) is 20.3 Å². The van der Waals surface area contributed by atoms with Gasteiger partial charge in [-0.05, 0) is 17.7 Å². The first-order valence-electron chi connectivity index (χ1n) is 4.48. The molecule has 0 atom stereocenters. The second-order valence-corrected chi connectivity index (χ2v) is 5.16. The minimum atomic E-state index is -1.48. The van der Waals surface area contributed by atoms with Crippen LogP contribution in [0.3, 0.4) is 0 Å². The van der Waals surface area contributed by atoms with Crippen LogP contribution in [0, 0.1) is 0 Å². The van der Waals surface area contributed by atoms with Gasteiger partial charge in [0.1, 0.15) is 5.75 Å². The lowest BCUT2D eigenvalue weighted by Crippen LogP contribution is -2.22. The van der Waals surface area contributed by atoms with Crippen molar-refractivity contribution in [2.24, 2.45) is 0 Å². The van der Waals surface area contributed by atoms with Crippen LogP contribution in [0.2, 0.25) is 0 Å². The molecular weight excluding hydrogens is 196 g/mol. The number of ether oxygens (including phenoxy) is 1. The van der Waals surface area contributed by atoms with Gasteiger partial charge in [-0.3, -0.25) is 0 Å². The highest BCUT2D eigenvalue weighted by Gasteiger charge is 2.10. The van der Waals surface area contributed by atoms with E-state index in [1.807, 2.05) is 24.3 Å². The fraction of sp³-hybridized carbons (Fsp3) is 0.400. The van der Waals surface area contributed by atoms with Crippen molar-refractivity contribution in [3.05, 3.63) is 29.8 Å². The average molecular weight is 212 g/mol. The smallest absolute Gasteiger partial charge is 0.325 e. The van der Waals surface area contributed by atoms with Crippen molar-refractivity contribution in [3.63, 3.8) is 0 Å². The third-order valence-electron chi connectivity index (χ3n) is 2.09. The molecule has 0 saturated carbocycles. The third kappa shape index (κ3) is 3.14. The molecule has 0 heterocycles. The molecule has 0 amide bonds. The molecule has 78 valence electrons. The van der Waals surface area contributed by atoms with Crippen LogP contribution in [0.25, 0.3) is 0 Å². The summed E-state index contributed by atoms with van der Waals surface area (Å²) in [6.45, 7) is 0. The molecule has 0 N–H and O–H groups in total. The Balaban J connectivity index is 2.58. The topological polar surface area (TPSA) is 27.7 Å². The molecule has 0 spiro atoms. The Hall–Kier alpha value is -0.843. The van der Waals surface area contributed by atoms with Crippen LogP contribution < -0.4 is 4.74 Å². The fourth-order valence-corrected chi connectivity index (χ4v) is 2.40. The predicted octanol–water partition coefficient (Wildman–Crippen LogP) is 1.29. The molecule has 0 radical (unpaired) electrons. The van der Waals surface area contributed by atoms with Gasteiger partial charge in [0.25, 0.3) is 0 Å². The number of rotatable bonds is 5. The Morgan fingerprint density at radius 1 is 1.00 bits per heavy atom. The van der Waals surface area contributed by atoms with Crippen LogP contribution in [-0.4, -0.2) is 30.6 Å². The standard InChI is InChI=1S/C10H16O3Si/c1-11-10-6-4-9(5-7-10)8-14(12-2)13-3/h4-7,14H,8H2,1-3H3. The third-order valence-corrected chi connectivity index (χ3v) is 3.94. The molecule has 14 heavy (non-hydrogen) atoms. The van der Waals surface area contributed by atoms with Crippen molar-refractivity contribution >= 4 is 9.28 Å². The maximum Gasteiger partial charge on any atom is 0.325 e. The van der Waals surface area contributed by atoms with Gasteiger partial charge in [-0.25, -0.2) is 0 Å². The minimum absolute atomic E-state index is 0.877. The normalized spacial score (nSPS) is 10.6. The monoisotopic (exact) mass is 212 g/mol. The molecule has 0 aliphatic rings. The molecule has 0 fully saturated rings. The summed E-state index contributed by atoms with van der Waals surface area (Å²) in [7, 11) is 3.58. The van der Waals surface area contributed by atoms with Gasteiger partial charge in [-0.1, -0.05) is 12.1 Å². The maximum atomic E-state index is 5.25. The van der Waals surface area contributed by atoms with Gasteiger partial charge in [0.15, 0.2) is 0 Å². The number of hydrogen-bond donors (Lipinski definition) is 0. The van der Waals surface area contributed by atoms with Gasteiger partial charge >= 0.3 is 9.28 Å². The first-order valence-corrected chi connectivity index (χ1v) is 6.24. The molecule has 1 aromatic carbocycles. The zero-order valence-electron chi connectivity index (χ0n) is 8.82. The number of hydrogen-bond acceptors (Lipinski definition) is 3. The van der Waals surface area contributed by atoms with E-state index >= 15 is 0 Å². The molecule has 1 aromatic rings. The van der Waals surface area contributed by atoms with E-state index in [9.17, 15) is 0 Å². The molecule has 3 nitrogen and oxygen atoms in total. The van der Waals surface area contributed by atoms with Crippen LogP contribution in [0.4, 0.5) is 0 Å². The van der Waals surface area contributed by atoms with E-state index in [2.05, 4.69) is 0 Å². The Morgan fingerprint density at radius 2 is 1.57 bits per heavy atom. The highest BCUT2D eigenvalue weighted by Crippen LogP contribution is 2.12. The Labute approximate surface area is 86.5 Å². The van der Waals surface area contributed by atoms with E-state index in [0.717, 1.165) is 11.8 Å². The first-order chi connectivity index (χ1) is 6.80. The molecule has 0 saturated heterocycles. The number of benzene rings is 1. The SMILES string of the molecule is COc1ccc(C[SiH](OC)OC)cc1. The molecule has 0 aromatic heterocycles. The number of methoxy groups -OCH3 is 1. The van der Waals surface area contributed by atoms with E-state index in [0.29, 0.717) is 0 Å². The Morgan fingerprint density at radius 3 is 2.00 bits per heavy atom. The van der Waals surface area contributed by atoms with Crippen molar-refractivity contribution in [1.82, 2.24) is 0 Å². The molecule has 0 bridgehead atoms. The first kappa shape index (κ1) is 11.2. The summed E-state index contributed by atoms with van der Waals surface area (Å²) in [6, 6.07) is 8.86. The van der Waals surface area contributed by atoms with Crippen molar-refractivity contribution in [2.75, 3.05) is 21.3 Å². The van der Waals surface area contributed by atoms with Crippen molar-refractivity contribution in [2.45, 2.75) is 6.04 Å². The summed E-state index contributed by atoms with van der Waals surface area (Å²) in [6.07, 6.45) is 0. The molecular formula is C10H16O3Si. The summed E-state index contributed by atoms with van der Waals surface area (Å²) in [4.78, 5) is 0. The van der Waals surface area contributed by atoms with Crippen LogP contribution in [0.1, 0.15) is 5.56 Å². The molecule has 1 rings (SSSR count). The summed E-state index contributed by atoms with van der Waals surface area (Å²) >= 11 is 0. The largest absolute Gasteiger partial charge is 0.497 e. The molecule has 4 heteroatoms. The van der Waals surface area contributed by atoms with Gasteiger partial charge < -0.3 is 13.6 Å². The van der Waals surface area contributed by atoms with Crippen LogP contribution in [0.5, 0.6) is 5.75 Å². The van der Waals surface area contributed by atoms with Gasteiger partial charge in [0.2, 0.25) is 0 Å². The molecule has 0 unspecified atom stereocenters. The summed E-state index contributed by atoms with van der Waals surface area (Å²) in [5, 5.41) is 0. The minimum Gasteiger partial charge on any atom is -0.497 e. The molecule has 0 aliphatic carbocycles. The zero-order valence-corrected chi connectivity index (χ0v) is 9.97. The van der Waals surface area contributed by atoms with Gasteiger partial charge in [0.05, 0.1) is 7.11 Å². The Kier molecular flexibility index (Phi) is 4.65. The van der Waals surface area contributed by atoms with E-state index in [4.69, 9.17) is 13.6 Å². The van der Waals surface area contributed by atoms with Crippen molar-refractivity contribution in [3.8, 4) is 5.75 Å². The van der Waals surface area contributed by atoms with Crippen LogP contribution in [0.15, 0.2) is 24.3 Å². The van der Waals surface area contributed by atoms with Crippen LogP contribution in [-0.2, 0) is 14.9 Å². The molecule has 0 aliphatic heterocycles. The summed E-state index contributed by atoms with van der Waals surface area (Å²) < 4.78 is 15.6. The van der Waals surface area contributed by atoms with E-state index in [-0.39, 0.29) is 0 Å². The second-order valence-electron chi connectivity index (χ2n) is 2.95. The quantitative estimate of drug-likeness (QED) is 0.688. The zero-order chi connectivity index (χ0) is 10.4. The van der Waals surface area contributed by atoms with Gasteiger partial charge in [-0.15, -0.1) is 0 Å². The van der Waals surface area contributed by atoms with E-state index in [1.165, 1.54) is 5.56 Å². The van der Waals surface area contributed by atoms with Crippen molar-refractivity contribution < 1.29 is 13.6 Å². The average Bonchev–Trinajstić information content (AvgIpc) is 2.26.